The van der Waals surface area contributed by atoms with Crippen LogP contribution in [0, 0.1) is 6.92 Å². The molecule has 1 aromatic carbocycles. The van der Waals surface area contributed by atoms with Gasteiger partial charge in [-0.25, -0.2) is 0 Å². The lowest BCUT2D eigenvalue weighted by atomic mass is 9.96. The van der Waals surface area contributed by atoms with Crippen molar-refractivity contribution in [3.63, 3.8) is 0 Å². The molecule has 19 heavy (non-hydrogen) atoms. The summed E-state index contributed by atoms with van der Waals surface area (Å²) in [6, 6.07) is 11.0. The second kappa shape index (κ2) is 6.58. The smallest absolute Gasteiger partial charge is 0.108 e. The zero-order chi connectivity index (χ0) is 13.7. The van der Waals surface area contributed by atoms with Crippen molar-refractivity contribution < 1.29 is 4.42 Å². The van der Waals surface area contributed by atoms with Gasteiger partial charge in [-0.3, -0.25) is 0 Å². The van der Waals surface area contributed by atoms with Gasteiger partial charge in [0, 0.05) is 18.0 Å². The second-order valence-corrected chi connectivity index (χ2v) is 4.89. The highest BCUT2D eigenvalue weighted by Gasteiger charge is 2.17. The van der Waals surface area contributed by atoms with E-state index in [9.17, 15) is 0 Å². The van der Waals surface area contributed by atoms with Gasteiger partial charge in [0.25, 0.3) is 0 Å². The van der Waals surface area contributed by atoms with Crippen molar-refractivity contribution in [2.75, 3.05) is 6.54 Å². The SMILES string of the molecule is CCNC(Cc1ccccc1C)c1ccoc1CC. The highest BCUT2D eigenvalue weighted by molar-refractivity contribution is 5.30. The fourth-order valence-electron chi connectivity index (χ4n) is 2.55. The lowest BCUT2D eigenvalue weighted by Gasteiger charge is -2.19. The van der Waals surface area contributed by atoms with Crippen LogP contribution in [0.5, 0.6) is 0 Å². The van der Waals surface area contributed by atoms with Crippen LogP contribution >= 0.6 is 0 Å². The van der Waals surface area contributed by atoms with Crippen molar-refractivity contribution in [2.24, 2.45) is 0 Å². The Balaban J connectivity index is 2.24. The molecule has 1 heterocycles. The number of hydrogen-bond donors (Lipinski definition) is 1. The molecule has 1 unspecified atom stereocenters. The van der Waals surface area contributed by atoms with Gasteiger partial charge >= 0.3 is 0 Å². The van der Waals surface area contributed by atoms with Gasteiger partial charge < -0.3 is 9.73 Å². The summed E-state index contributed by atoms with van der Waals surface area (Å²) < 4.78 is 5.57. The van der Waals surface area contributed by atoms with Crippen LogP contribution in [0.3, 0.4) is 0 Å². The largest absolute Gasteiger partial charge is 0.469 e. The summed E-state index contributed by atoms with van der Waals surface area (Å²) in [6.45, 7) is 7.43. The van der Waals surface area contributed by atoms with Crippen molar-refractivity contribution >= 4 is 0 Å². The molecule has 1 aromatic heterocycles. The number of furan rings is 1. The molecule has 1 N–H and O–H groups in total. The topological polar surface area (TPSA) is 25.2 Å². The monoisotopic (exact) mass is 257 g/mol. The molecular formula is C17H23NO. The highest BCUT2D eigenvalue weighted by Crippen LogP contribution is 2.24. The van der Waals surface area contributed by atoms with Crippen LogP contribution in [0.25, 0.3) is 0 Å². The predicted molar refractivity (Wildman–Crippen MR) is 79.4 cm³/mol. The van der Waals surface area contributed by atoms with E-state index in [0.29, 0.717) is 6.04 Å². The van der Waals surface area contributed by atoms with Crippen LogP contribution in [-0.4, -0.2) is 6.54 Å². The Bertz CT molecular complexity index is 515. The molecule has 0 spiro atoms. The summed E-state index contributed by atoms with van der Waals surface area (Å²) in [6.07, 6.45) is 3.75. The van der Waals surface area contributed by atoms with Gasteiger partial charge in [0.15, 0.2) is 0 Å². The Morgan fingerprint density at radius 1 is 1.16 bits per heavy atom. The highest BCUT2D eigenvalue weighted by atomic mass is 16.3. The first-order valence-electron chi connectivity index (χ1n) is 7.10. The van der Waals surface area contributed by atoms with Gasteiger partial charge in [-0.15, -0.1) is 0 Å². The quantitative estimate of drug-likeness (QED) is 0.844. The van der Waals surface area contributed by atoms with Crippen LogP contribution in [0.1, 0.15) is 42.3 Å². The van der Waals surface area contributed by atoms with Crippen LogP contribution in [0.2, 0.25) is 0 Å². The van der Waals surface area contributed by atoms with E-state index in [4.69, 9.17) is 4.42 Å². The minimum absolute atomic E-state index is 0.333. The van der Waals surface area contributed by atoms with Gasteiger partial charge in [0.05, 0.1) is 6.26 Å². The third-order valence-corrected chi connectivity index (χ3v) is 3.61. The number of nitrogens with one attached hydrogen (secondary N) is 1. The normalized spacial score (nSPS) is 12.6. The molecule has 2 rings (SSSR count). The number of benzene rings is 1. The van der Waals surface area contributed by atoms with Gasteiger partial charge in [-0.05, 0) is 37.1 Å². The van der Waals surface area contributed by atoms with Crippen molar-refractivity contribution in [3.8, 4) is 0 Å². The van der Waals surface area contributed by atoms with Crippen molar-refractivity contribution in [1.82, 2.24) is 5.32 Å². The first-order valence-corrected chi connectivity index (χ1v) is 7.10. The average molecular weight is 257 g/mol. The first kappa shape index (κ1) is 13.9. The van der Waals surface area contributed by atoms with E-state index >= 15 is 0 Å². The Kier molecular flexibility index (Phi) is 4.80. The minimum Gasteiger partial charge on any atom is -0.469 e. The Morgan fingerprint density at radius 2 is 1.95 bits per heavy atom. The number of aryl methyl sites for hydroxylation is 2. The standard InChI is InChI=1S/C17H23NO/c1-4-17-15(10-11-19-17)16(18-5-2)12-14-9-7-6-8-13(14)3/h6-11,16,18H,4-5,12H2,1-3H3. The summed E-state index contributed by atoms with van der Waals surface area (Å²) in [5.41, 5.74) is 4.05. The van der Waals surface area contributed by atoms with Crippen LogP contribution in [-0.2, 0) is 12.8 Å². The second-order valence-electron chi connectivity index (χ2n) is 4.89. The fourth-order valence-corrected chi connectivity index (χ4v) is 2.55. The van der Waals surface area contributed by atoms with E-state index in [-0.39, 0.29) is 0 Å². The van der Waals surface area contributed by atoms with Crippen molar-refractivity contribution in [3.05, 3.63) is 59.0 Å². The summed E-state index contributed by atoms with van der Waals surface area (Å²) in [5.74, 6) is 1.10. The van der Waals surface area contributed by atoms with E-state index in [1.54, 1.807) is 6.26 Å². The third-order valence-electron chi connectivity index (χ3n) is 3.61. The lowest BCUT2D eigenvalue weighted by Crippen LogP contribution is -2.23. The van der Waals surface area contributed by atoms with Gasteiger partial charge in [-0.1, -0.05) is 38.1 Å². The third kappa shape index (κ3) is 3.27. The van der Waals surface area contributed by atoms with Crippen LogP contribution in [0.4, 0.5) is 0 Å². The molecular weight excluding hydrogens is 234 g/mol. The molecule has 0 aliphatic heterocycles. The van der Waals surface area contributed by atoms with E-state index in [0.717, 1.165) is 25.1 Å². The number of hydrogen-bond acceptors (Lipinski definition) is 2. The maximum absolute atomic E-state index is 5.57. The minimum atomic E-state index is 0.333. The summed E-state index contributed by atoms with van der Waals surface area (Å²) in [5, 5.41) is 3.58. The summed E-state index contributed by atoms with van der Waals surface area (Å²) in [7, 11) is 0. The number of rotatable bonds is 6. The molecule has 2 heteroatoms. The van der Waals surface area contributed by atoms with E-state index in [1.807, 2.05) is 0 Å². The molecule has 0 aliphatic carbocycles. The molecule has 0 bridgehead atoms. The fraction of sp³-hybridized carbons (Fsp3) is 0.412. The molecule has 0 amide bonds. The Hall–Kier alpha value is -1.54. The number of likely N-dealkylation sites (N-methyl/N-ethyl adjacent to an activating group) is 1. The van der Waals surface area contributed by atoms with Crippen molar-refractivity contribution in [2.45, 2.75) is 39.7 Å². The maximum atomic E-state index is 5.57. The van der Waals surface area contributed by atoms with E-state index in [2.05, 4.69) is 56.4 Å². The van der Waals surface area contributed by atoms with Crippen molar-refractivity contribution in [1.29, 1.82) is 0 Å². The average Bonchev–Trinajstić information content (AvgIpc) is 2.89. The predicted octanol–water partition coefficient (Wildman–Crippen LogP) is 4.04. The molecule has 0 aliphatic rings. The Morgan fingerprint density at radius 3 is 2.63 bits per heavy atom. The molecule has 0 fully saturated rings. The first-order chi connectivity index (χ1) is 9.26. The molecule has 0 saturated carbocycles. The molecule has 102 valence electrons. The van der Waals surface area contributed by atoms with E-state index < -0.39 is 0 Å². The Labute approximate surface area is 115 Å². The molecule has 2 aromatic rings. The molecule has 1 atom stereocenters. The zero-order valence-corrected chi connectivity index (χ0v) is 12.1. The van der Waals surface area contributed by atoms with Gasteiger partial charge in [-0.2, -0.15) is 0 Å². The summed E-state index contributed by atoms with van der Waals surface area (Å²) in [4.78, 5) is 0. The lowest BCUT2D eigenvalue weighted by molar-refractivity contribution is 0.487. The zero-order valence-electron chi connectivity index (χ0n) is 12.1. The van der Waals surface area contributed by atoms with Gasteiger partial charge in [0.2, 0.25) is 0 Å². The molecule has 0 radical (unpaired) electrons. The van der Waals surface area contributed by atoms with Gasteiger partial charge in [0.1, 0.15) is 5.76 Å². The maximum Gasteiger partial charge on any atom is 0.108 e. The van der Waals surface area contributed by atoms with Crippen LogP contribution in [0.15, 0.2) is 41.0 Å². The summed E-state index contributed by atoms with van der Waals surface area (Å²) >= 11 is 0. The van der Waals surface area contributed by atoms with E-state index in [1.165, 1.54) is 16.7 Å². The molecule has 0 saturated heterocycles. The molecule has 2 nitrogen and oxygen atoms in total. The van der Waals surface area contributed by atoms with Crippen LogP contribution < -0.4 is 5.32 Å².